The number of sulfonamides is 1. The number of nitrogens with one attached hydrogen (secondary N) is 1. The van der Waals surface area contributed by atoms with Gasteiger partial charge in [0.1, 0.15) is 10.7 Å². The summed E-state index contributed by atoms with van der Waals surface area (Å²) in [6, 6.07) is 6.17. The average molecular weight is 329 g/mol. The van der Waals surface area contributed by atoms with Crippen molar-refractivity contribution >= 4 is 37.6 Å². The fourth-order valence-electron chi connectivity index (χ4n) is 1.20. The van der Waals surface area contributed by atoms with Crippen LogP contribution in [0.2, 0.25) is 0 Å². The molecule has 0 bridgehead atoms. The summed E-state index contributed by atoms with van der Waals surface area (Å²) in [5.41, 5.74) is 5.40. The van der Waals surface area contributed by atoms with Gasteiger partial charge in [0.2, 0.25) is 0 Å². The van der Waals surface area contributed by atoms with Crippen LogP contribution in [0.4, 0.5) is 11.6 Å². The molecule has 0 aliphatic carbocycles. The van der Waals surface area contributed by atoms with Gasteiger partial charge in [0.25, 0.3) is 10.0 Å². The van der Waals surface area contributed by atoms with E-state index in [-0.39, 0.29) is 16.5 Å². The highest BCUT2D eigenvalue weighted by Gasteiger charge is 2.16. The molecule has 18 heavy (non-hydrogen) atoms. The Balaban J connectivity index is 2.33. The standard InChI is InChI=1S/C10H9BrN4O2S/c11-8-2-1-5-13-10(8)15-18(16,17)7-3-4-9(12)14-6-7/h1-6H,(H2,12,14)(H,13,15). The van der Waals surface area contributed by atoms with Crippen molar-refractivity contribution in [1.29, 1.82) is 0 Å². The van der Waals surface area contributed by atoms with Crippen molar-refractivity contribution in [1.82, 2.24) is 9.97 Å². The van der Waals surface area contributed by atoms with Crippen LogP contribution < -0.4 is 10.5 Å². The number of hydrogen-bond acceptors (Lipinski definition) is 5. The van der Waals surface area contributed by atoms with Crippen molar-refractivity contribution in [2.24, 2.45) is 0 Å². The lowest BCUT2D eigenvalue weighted by atomic mass is 10.5. The Morgan fingerprint density at radius 3 is 2.61 bits per heavy atom. The molecule has 0 unspecified atom stereocenters. The lowest BCUT2D eigenvalue weighted by Gasteiger charge is -2.08. The molecule has 2 aromatic heterocycles. The van der Waals surface area contributed by atoms with E-state index in [0.29, 0.717) is 4.47 Å². The molecule has 0 fully saturated rings. The van der Waals surface area contributed by atoms with E-state index in [1.54, 1.807) is 12.1 Å². The number of hydrogen-bond donors (Lipinski definition) is 2. The van der Waals surface area contributed by atoms with E-state index in [9.17, 15) is 8.42 Å². The number of anilines is 2. The van der Waals surface area contributed by atoms with Gasteiger partial charge in [0.05, 0.1) is 4.47 Å². The fraction of sp³-hybridized carbons (Fsp3) is 0. The Morgan fingerprint density at radius 1 is 1.22 bits per heavy atom. The topological polar surface area (TPSA) is 98.0 Å². The summed E-state index contributed by atoms with van der Waals surface area (Å²) < 4.78 is 26.9. The van der Waals surface area contributed by atoms with Gasteiger partial charge in [-0.1, -0.05) is 0 Å². The maximum absolute atomic E-state index is 12.0. The monoisotopic (exact) mass is 328 g/mol. The summed E-state index contributed by atoms with van der Waals surface area (Å²) in [6.45, 7) is 0. The Kier molecular flexibility index (Phi) is 3.48. The van der Waals surface area contributed by atoms with Crippen LogP contribution in [-0.4, -0.2) is 18.4 Å². The van der Waals surface area contributed by atoms with E-state index in [1.807, 2.05) is 0 Å². The number of aromatic nitrogens is 2. The van der Waals surface area contributed by atoms with Crippen molar-refractivity contribution < 1.29 is 8.42 Å². The van der Waals surface area contributed by atoms with Gasteiger partial charge in [0.15, 0.2) is 5.82 Å². The van der Waals surface area contributed by atoms with Gasteiger partial charge in [-0.2, -0.15) is 0 Å². The molecule has 0 aliphatic heterocycles. The molecule has 3 N–H and O–H groups in total. The van der Waals surface area contributed by atoms with Gasteiger partial charge in [-0.25, -0.2) is 18.4 Å². The molecule has 2 rings (SSSR count). The molecule has 0 spiro atoms. The lowest BCUT2D eigenvalue weighted by Crippen LogP contribution is -2.14. The third-order valence-corrected chi connectivity index (χ3v) is 4.02. The van der Waals surface area contributed by atoms with E-state index in [1.165, 1.54) is 24.5 Å². The van der Waals surface area contributed by atoms with Crippen molar-refractivity contribution in [3.63, 3.8) is 0 Å². The first-order valence-electron chi connectivity index (χ1n) is 4.84. The molecule has 2 heterocycles. The van der Waals surface area contributed by atoms with Gasteiger partial charge in [0, 0.05) is 12.4 Å². The lowest BCUT2D eigenvalue weighted by molar-refractivity contribution is 0.600. The normalized spacial score (nSPS) is 11.2. The van der Waals surface area contributed by atoms with Crippen LogP contribution in [-0.2, 0) is 10.0 Å². The smallest absolute Gasteiger partial charge is 0.264 e. The first-order valence-corrected chi connectivity index (χ1v) is 7.11. The molecule has 2 aromatic rings. The molecular formula is C10H9BrN4O2S. The molecule has 8 heteroatoms. The second kappa shape index (κ2) is 4.91. The zero-order valence-corrected chi connectivity index (χ0v) is 11.4. The van der Waals surface area contributed by atoms with E-state index in [4.69, 9.17) is 5.73 Å². The highest BCUT2D eigenvalue weighted by molar-refractivity contribution is 9.10. The number of halogens is 1. The molecular weight excluding hydrogens is 320 g/mol. The number of nitrogens with zero attached hydrogens (tertiary/aromatic N) is 2. The minimum absolute atomic E-state index is 0.0225. The summed E-state index contributed by atoms with van der Waals surface area (Å²) in [5, 5.41) is 0. The highest BCUT2D eigenvalue weighted by atomic mass is 79.9. The Bertz CT molecular complexity index is 658. The first-order chi connectivity index (χ1) is 8.49. The summed E-state index contributed by atoms with van der Waals surface area (Å²) >= 11 is 3.21. The van der Waals surface area contributed by atoms with Gasteiger partial charge in [-0.15, -0.1) is 0 Å². The van der Waals surface area contributed by atoms with Gasteiger partial charge >= 0.3 is 0 Å². The second-order valence-corrected chi connectivity index (χ2v) is 5.89. The Labute approximate surface area is 112 Å². The summed E-state index contributed by atoms with van der Waals surface area (Å²) in [4.78, 5) is 7.68. The van der Waals surface area contributed by atoms with E-state index >= 15 is 0 Å². The van der Waals surface area contributed by atoms with Crippen LogP contribution in [0.25, 0.3) is 0 Å². The second-order valence-electron chi connectivity index (χ2n) is 3.36. The molecule has 6 nitrogen and oxygen atoms in total. The van der Waals surface area contributed by atoms with Crippen LogP contribution in [0, 0.1) is 0 Å². The fourth-order valence-corrected chi connectivity index (χ4v) is 2.66. The maximum Gasteiger partial charge on any atom is 0.264 e. The molecule has 0 atom stereocenters. The number of pyridine rings is 2. The Hall–Kier alpha value is -1.67. The van der Waals surface area contributed by atoms with Crippen molar-refractivity contribution in [3.8, 4) is 0 Å². The third kappa shape index (κ3) is 2.77. The number of nitrogens with two attached hydrogens (primary N) is 1. The zero-order valence-electron chi connectivity index (χ0n) is 9.04. The molecule has 0 aliphatic rings. The van der Waals surface area contributed by atoms with Crippen molar-refractivity contribution in [2.45, 2.75) is 4.90 Å². The molecule has 0 radical (unpaired) electrons. The average Bonchev–Trinajstić information content (AvgIpc) is 2.32. The van der Waals surface area contributed by atoms with Gasteiger partial charge in [-0.3, -0.25) is 4.72 Å². The number of nitrogen functional groups attached to an aromatic ring is 1. The molecule has 94 valence electrons. The minimum Gasteiger partial charge on any atom is -0.384 e. The van der Waals surface area contributed by atoms with Crippen LogP contribution >= 0.6 is 15.9 Å². The quantitative estimate of drug-likeness (QED) is 0.892. The minimum atomic E-state index is -3.71. The van der Waals surface area contributed by atoms with Crippen molar-refractivity contribution in [3.05, 3.63) is 41.1 Å². The van der Waals surface area contributed by atoms with Crippen LogP contribution in [0.1, 0.15) is 0 Å². The first kappa shape index (κ1) is 12.8. The van der Waals surface area contributed by atoms with E-state index < -0.39 is 10.0 Å². The zero-order chi connectivity index (χ0) is 13.2. The van der Waals surface area contributed by atoms with Gasteiger partial charge < -0.3 is 5.73 Å². The molecule has 0 aromatic carbocycles. The summed E-state index contributed by atoms with van der Waals surface area (Å²) in [7, 11) is -3.71. The van der Waals surface area contributed by atoms with E-state index in [2.05, 4.69) is 30.6 Å². The SMILES string of the molecule is Nc1ccc(S(=O)(=O)Nc2ncccc2Br)cn1. The molecule has 0 saturated carbocycles. The summed E-state index contributed by atoms with van der Waals surface area (Å²) in [5.74, 6) is 0.474. The van der Waals surface area contributed by atoms with Crippen molar-refractivity contribution in [2.75, 3.05) is 10.5 Å². The highest BCUT2D eigenvalue weighted by Crippen LogP contribution is 2.21. The predicted octanol–water partition coefficient (Wildman–Crippen LogP) is 1.62. The largest absolute Gasteiger partial charge is 0.384 e. The van der Waals surface area contributed by atoms with E-state index in [0.717, 1.165) is 0 Å². The predicted molar refractivity (Wildman–Crippen MR) is 71.4 cm³/mol. The third-order valence-electron chi connectivity index (χ3n) is 2.06. The maximum atomic E-state index is 12.0. The molecule has 0 amide bonds. The van der Waals surface area contributed by atoms with Gasteiger partial charge in [-0.05, 0) is 40.2 Å². The summed E-state index contributed by atoms with van der Waals surface area (Å²) in [6.07, 6.45) is 2.68. The van der Waals surface area contributed by atoms with Crippen LogP contribution in [0.5, 0.6) is 0 Å². The van der Waals surface area contributed by atoms with Crippen LogP contribution in [0.3, 0.4) is 0 Å². The molecule has 0 saturated heterocycles. The Morgan fingerprint density at radius 2 is 2.00 bits per heavy atom. The number of rotatable bonds is 3. The van der Waals surface area contributed by atoms with Crippen LogP contribution in [0.15, 0.2) is 46.0 Å².